The Kier molecular flexibility index (Phi) is 16.7. The Morgan fingerprint density at radius 1 is 0.857 bits per heavy atom. The summed E-state index contributed by atoms with van der Waals surface area (Å²) in [5, 5.41) is 4.22. The highest BCUT2D eigenvalue weighted by atomic mass is 16.6. The van der Waals surface area contributed by atoms with Crippen LogP contribution in [0, 0.1) is 5.92 Å². The molecule has 1 atom stereocenters. The van der Waals surface area contributed by atoms with Crippen molar-refractivity contribution in [1.82, 2.24) is 0 Å². The summed E-state index contributed by atoms with van der Waals surface area (Å²) >= 11 is 0. The van der Waals surface area contributed by atoms with Crippen molar-refractivity contribution in [2.45, 2.75) is 105 Å². The van der Waals surface area contributed by atoms with Gasteiger partial charge in [-0.1, -0.05) is 30.5 Å². The first-order chi connectivity index (χ1) is 13.3. The summed E-state index contributed by atoms with van der Waals surface area (Å²) in [6, 6.07) is 0. The predicted octanol–water partition coefficient (Wildman–Crippen LogP) is 6.93. The second-order valence-electron chi connectivity index (χ2n) is 8.42. The van der Waals surface area contributed by atoms with Crippen LogP contribution >= 0.6 is 0 Å². The van der Waals surface area contributed by atoms with E-state index in [1.165, 1.54) is 37.0 Å². The monoisotopic (exact) mass is 392 g/mol. The Bertz CT molecular complexity index is 451. The van der Waals surface area contributed by atoms with Gasteiger partial charge in [0.15, 0.2) is 0 Å². The topological polar surface area (TPSA) is 51.0 Å². The Morgan fingerprint density at radius 2 is 1.46 bits per heavy atom. The van der Waals surface area contributed by atoms with Crippen LogP contribution in [-0.4, -0.2) is 30.4 Å². The van der Waals surface area contributed by atoms with Gasteiger partial charge >= 0.3 is 0 Å². The van der Waals surface area contributed by atoms with Crippen molar-refractivity contribution in [3.63, 3.8) is 0 Å². The molecule has 0 aromatic carbocycles. The lowest BCUT2D eigenvalue weighted by Gasteiger charge is -2.11. The fourth-order valence-electron chi connectivity index (χ4n) is 3.22. The molecule has 0 aliphatic rings. The molecule has 28 heavy (non-hydrogen) atoms. The van der Waals surface area contributed by atoms with E-state index in [0.717, 1.165) is 50.8 Å². The van der Waals surface area contributed by atoms with E-state index in [9.17, 15) is 4.79 Å². The van der Waals surface area contributed by atoms with Crippen molar-refractivity contribution in [2.24, 2.45) is 16.1 Å². The van der Waals surface area contributed by atoms with Crippen LogP contribution in [0.1, 0.15) is 105 Å². The van der Waals surface area contributed by atoms with Crippen LogP contribution in [0.3, 0.4) is 0 Å². The average molecular weight is 393 g/mol. The SMILES string of the molecule is C=C(C)CCCCCCN=C(C)CC(C)C/C(C)=N/OCCCCCC(C)=O. The van der Waals surface area contributed by atoms with E-state index in [2.05, 4.69) is 32.5 Å². The smallest absolute Gasteiger partial charge is 0.129 e. The molecule has 0 spiro atoms. The third-order valence-corrected chi connectivity index (χ3v) is 4.67. The van der Waals surface area contributed by atoms with E-state index in [-0.39, 0.29) is 5.78 Å². The van der Waals surface area contributed by atoms with Gasteiger partial charge in [-0.2, -0.15) is 0 Å². The third-order valence-electron chi connectivity index (χ3n) is 4.67. The van der Waals surface area contributed by atoms with Crippen molar-refractivity contribution < 1.29 is 9.63 Å². The number of unbranched alkanes of at least 4 members (excludes halogenated alkanes) is 5. The van der Waals surface area contributed by atoms with Crippen molar-refractivity contribution >= 4 is 17.2 Å². The lowest BCUT2D eigenvalue weighted by atomic mass is 9.99. The second kappa shape index (κ2) is 17.6. The van der Waals surface area contributed by atoms with Gasteiger partial charge in [-0.3, -0.25) is 4.99 Å². The highest BCUT2D eigenvalue weighted by molar-refractivity contribution is 5.84. The van der Waals surface area contributed by atoms with Crippen LogP contribution in [0.5, 0.6) is 0 Å². The van der Waals surface area contributed by atoms with Crippen LogP contribution in [0.4, 0.5) is 0 Å². The molecule has 0 aromatic heterocycles. The van der Waals surface area contributed by atoms with Gasteiger partial charge in [0.25, 0.3) is 0 Å². The molecule has 0 aromatic rings. The number of Topliss-reactive ketones (excluding diaryl/α,β-unsaturated/α-hetero) is 1. The number of ketones is 1. The Hall–Kier alpha value is -1.45. The van der Waals surface area contributed by atoms with E-state index < -0.39 is 0 Å². The fourth-order valence-corrected chi connectivity index (χ4v) is 3.22. The minimum Gasteiger partial charge on any atom is -0.396 e. The zero-order valence-corrected chi connectivity index (χ0v) is 19.2. The van der Waals surface area contributed by atoms with Crippen molar-refractivity contribution in [2.75, 3.05) is 13.2 Å². The number of hydrogen-bond donors (Lipinski definition) is 0. The zero-order valence-electron chi connectivity index (χ0n) is 19.2. The summed E-state index contributed by atoms with van der Waals surface area (Å²) in [7, 11) is 0. The molecule has 0 saturated heterocycles. The number of nitrogens with zero attached hydrogens (tertiary/aromatic N) is 2. The van der Waals surface area contributed by atoms with E-state index in [4.69, 9.17) is 9.83 Å². The van der Waals surface area contributed by atoms with E-state index in [1.807, 2.05) is 6.92 Å². The molecular formula is C24H44N2O2. The highest BCUT2D eigenvalue weighted by Gasteiger charge is 2.06. The molecule has 0 fully saturated rings. The molecule has 4 heteroatoms. The van der Waals surface area contributed by atoms with E-state index in [0.29, 0.717) is 18.9 Å². The number of carbonyl (C=O) groups excluding carboxylic acids is 1. The molecule has 0 N–H and O–H groups in total. The standard InChI is InChI=1S/C24H44N2O2/c1-20(2)14-10-7-8-12-16-25-22(4)18-21(3)19-23(5)26-28-17-13-9-11-15-24(6)27/h21H,1,7-19H2,2-6H3/b25-22?,26-23+. The molecule has 4 nitrogen and oxygen atoms in total. The van der Waals surface area contributed by atoms with Crippen LogP contribution < -0.4 is 0 Å². The largest absolute Gasteiger partial charge is 0.396 e. The lowest BCUT2D eigenvalue weighted by Crippen LogP contribution is -2.08. The van der Waals surface area contributed by atoms with E-state index in [1.54, 1.807) is 6.92 Å². The number of rotatable bonds is 18. The van der Waals surface area contributed by atoms with Crippen LogP contribution in [0.25, 0.3) is 0 Å². The number of aliphatic imine (C=N–C) groups is 1. The summed E-state index contributed by atoms with van der Waals surface area (Å²) in [5.74, 6) is 0.795. The second-order valence-corrected chi connectivity index (χ2v) is 8.42. The van der Waals surface area contributed by atoms with Gasteiger partial charge in [0, 0.05) is 18.7 Å². The quantitative estimate of drug-likeness (QED) is 0.110. The van der Waals surface area contributed by atoms with Gasteiger partial charge in [-0.15, -0.1) is 6.58 Å². The van der Waals surface area contributed by atoms with Gasteiger partial charge in [0.2, 0.25) is 0 Å². The summed E-state index contributed by atoms with van der Waals surface area (Å²) in [6.07, 6.45) is 11.7. The molecule has 0 bridgehead atoms. The molecule has 0 radical (unpaired) electrons. The molecular weight excluding hydrogens is 348 g/mol. The summed E-state index contributed by atoms with van der Waals surface area (Å²) in [5.41, 5.74) is 3.58. The Labute approximate surface area is 173 Å². The van der Waals surface area contributed by atoms with Crippen molar-refractivity contribution in [3.05, 3.63) is 12.2 Å². The van der Waals surface area contributed by atoms with Crippen LogP contribution in [0.2, 0.25) is 0 Å². The number of carbonyl (C=O) groups is 1. The summed E-state index contributed by atoms with van der Waals surface area (Å²) in [6.45, 7) is 15.7. The normalized spacial score (nSPS) is 13.5. The molecule has 0 saturated carbocycles. The summed E-state index contributed by atoms with van der Waals surface area (Å²) in [4.78, 5) is 21.0. The average Bonchev–Trinajstić information content (AvgIpc) is 2.59. The van der Waals surface area contributed by atoms with Crippen LogP contribution in [-0.2, 0) is 9.63 Å². The Morgan fingerprint density at radius 3 is 2.14 bits per heavy atom. The predicted molar refractivity (Wildman–Crippen MR) is 122 cm³/mol. The van der Waals surface area contributed by atoms with E-state index >= 15 is 0 Å². The highest BCUT2D eigenvalue weighted by Crippen LogP contribution is 2.12. The molecule has 0 heterocycles. The first-order valence-corrected chi connectivity index (χ1v) is 11.1. The summed E-state index contributed by atoms with van der Waals surface area (Å²) < 4.78 is 0. The number of oxime groups is 1. The molecule has 0 amide bonds. The van der Waals surface area contributed by atoms with Gasteiger partial charge in [0.05, 0.1) is 5.71 Å². The van der Waals surface area contributed by atoms with Crippen LogP contribution in [0.15, 0.2) is 22.3 Å². The van der Waals surface area contributed by atoms with Crippen molar-refractivity contribution in [1.29, 1.82) is 0 Å². The molecule has 0 rings (SSSR count). The number of hydrogen-bond acceptors (Lipinski definition) is 4. The molecule has 162 valence electrons. The van der Waals surface area contributed by atoms with Gasteiger partial charge in [0.1, 0.15) is 12.4 Å². The maximum absolute atomic E-state index is 10.9. The van der Waals surface area contributed by atoms with Gasteiger partial charge < -0.3 is 9.63 Å². The lowest BCUT2D eigenvalue weighted by molar-refractivity contribution is -0.117. The molecule has 0 aliphatic heterocycles. The molecule has 0 aliphatic carbocycles. The molecule has 1 unspecified atom stereocenters. The fraction of sp³-hybridized carbons (Fsp3) is 0.792. The Balaban J connectivity index is 3.78. The maximum Gasteiger partial charge on any atom is 0.129 e. The zero-order chi connectivity index (χ0) is 21.2. The van der Waals surface area contributed by atoms with Gasteiger partial charge in [-0.05, 0) is 85.0 Å². The minimum atomic E-state index is 0.265. The van der Waals surface area contributed by atoms with Crippen molar-refractivity contribution in [3.8, 4) is 0 Å². The van der Waals surface area contributed by atoms with Gasteiger partial charge in [-0.25, -0.2) is 0 Å². The third kappa shape index (κ3) is 19.3. The first-order valence-electron chi connectivity index (χ1n) is 11.1. The first kappa shape index (κ1) is 26.6. The maximum atomic E-state index is 10.9. The number of allylic oxidation sites excluding steroid dienone is 1. The minimum absolute atomic E-state index is 0.265.